The Morgan fingerprint density at radius 1 is 1.39 bits per heavy atom. The highest BCUT2D eigenvalue weighted by Crippen LogP contribution is 2.20. The summed E-state index contributed by atoms with van der Waals surface area (Å²) < 4.78 is 39.2. The lowest BCUT2D eigenvalue weighted by Gasteiger charge is -2.21. The number of alkyl halides is 1. The standard InChI is InChI=1S/C12H17BrFNO2S/c1-3-15(8-4-7-13)18(16,17)12-6-5-11(14)9-10(12)2/h5-6,9H,3-4,7-8H2,1-2H3. The molecule has 6 heteroatoms. The van der Waals surface area contributed by atoms with Gasteiger partial charge in [0.15, 0.2) is 0 Å². The van der Waals surface area contributed by atoms with Gasteiger partial charge in [-0.2, -0.15) is 4.31 Å². The molecule has 3 nitrogen and oxygen atoms in total. The molecule has 0 unspecified atom stereocenters. The summed E-state index contributed by atoms with van der Waals surface area (Å²) in [6.45, 7) is 4.27. The van der Waals surface area contributed by atoms with Gasteiger partial charge in [-0.1, -0.05) is 22.9 Å². The minimum Gasteiger partial charge on any atom is -0.207 e. The molecule has 0 heterocycles. The zero-order valence-electron chi connectivity index (χ0n) is 10.5. The predicted octanol–water partition coefficient (Wildman–Crippen LogP) is 2.93. The number of aryl methyl sites for hydroxylation is 1. The van der Waals surface area contributed by atoms with Crippen LogP contribution >= 0.6 is 15.9 Å². The van der Waals surface area contributed by atoms with Crippen molar-refractivity contribution in [2.45, 2.75) is 25.2 Å². The van der Waals surface area contributed by atoms with Crippen LogP contribution in [-0.2, 0) is 10.0 Å². The van der Waals surface area contributed by atoms with Gasteiger partial charge in [0.25, 0.3) is 0 Å². The maximum Gasteiger partial charge on any atom is 0.243 e. The molecule has 0 N–H and O–H groups in total. The number of rotatable bonds is 6. The largest absolute Gasteiger partial charge is 0.243 e. The third-order valence-corrected chi connectivity index (χ3v) is 5.34. The van der Waals surface area contributed by atoms with Crippen molar-refractivity contribution < 1.29 is 12.8 Å². The van der Waals surface area contributed by atoms with E-state index in [4.69, 9.17) is 0 Å². The van der Waals surface area contributed by atoms with Crippen molar-refractivity contribution in [3.63, 3.8) is 0 Å². The molecule has 0 aliphatic heterocycles. The second kappa shape index (κ2) is 6.63. The highest BCUT2D eigenvalue weighted by Gasteiger charge is 2.24. The van der Waals surface area contributed by atoms with Gasteiger partial charge < -0.3 is 0 Å². The average molecular weight is 338 g/mol. The number of nitrogens with zero attached hydrogens (tertiary/aromatic N) is 1. The zero-order chi connectivity index (χ0) is 13.8. The molecule has 0 saturated carbocycles. The minimum atomic E-state index is -3.52. The molecule has 0 aliphatic rings. The molecular formula is C12H17BrFNO2S. The Bertz CT molecular complexity index is 505. The van der Waals surface area contributed by atoms with E-state index in [9.17, 15) is 12.8 Å². The van der Waals surface area contributed by atoms with Gasteiger partial charge in [0.2, 0.25) is 10.0 Å². The van der Waals surface area contributed by atoms with Crippen molar-refractivity contribution in [2.75, 3.05) is 18.4 Å². The summed E-state index contributed by atoms with van der Waals surface area (Å²) >= 11 is 3.28. The van der Waals surface area contributed by atoms with Crippen molar-refractivity contribution >= 4 is 26.0 Å². The maximum absolute atomic E-state index is 13.0. The van der Waals surface area contributed by atoms with Gasteiger partial charge in [-0.05, 0) is 37.1 Å². The first kappa shape index (κ1) is 15.6. The highest BCUT2D eigenvalue weighted by atomic mass is 79.9. The minimum absolute atomic E-state index is 0.181. The van der Waals surface area contributed by atoms with Crippen LogP contribution in [0.3, 0.4) is 0 Å². The van der Waals surface area contributed by atoms with Crippen LogP contribution in [-0.4, -0.2) is 31.1 Å². The molecule has 0 atom stereocenters. The fourth-order valence-electron chi connectivity index (χ4n) is 1.73. The molecule has 0 radical (unpaired) electrons. The second-order valence-corrected chi connectivity index (χ2v) is 6.65. The summed E-state index contributed by atoms with van der Waals surface area (Å²) in [5.41, 5.74) is 0.437. The first-order valence-corrected chi connectivity index (χ1v) is 8.32. The molecule has 102 valence electrons. The summed E-state index contributed by atoms with van der Waals surface area (Å²) in [6, 6.07) is 3.75. The van der Waals surface area contributed by atoms with E-state index in [-0.39, 0.29) is 4.90 Å². The Labute approximate surface area is 116 Å². The van der Waals surface area contributed by atoms with E-state index in [0.717, 1.165) is 11.8 Å². The second-order valence-electron chi connectivity index (χ2n) is 3.95. The van der Waals surface area contributed by atoms with Crippen molar-refractivity contribution in [1.29, 1.82) is 0 Å². The summed E-state index contributed by atoms with van der Waals surface area (Å²) in [4.78, 5) is 0.181. The summed E-state index contributed by atoms with van der Waals surface area (Å²) in [7, 11) is -3.52. The van der Waals surface area contributed by atoms with Crippen LogP contribution in [0.2, 0.25) is 0 Å². The third kappa shape index (κ3) is 3.52. The fourth-order valence-corrected chi connectivity index (χ4v) is 3.67. The first-order valence-electron chi connectivity index (χ1n) is 5.75. The zero-order valence-corrected chi connectivity index (χ0v) is 12.9. The van der Waals surface area contributed by atoms with E-state index in [1.807, 2.05) is 0 Å². The summed E-state index contributed by atoms with van der Waals surface area (Å²) in [5, 5.41) is 0.751. The normalized spacial score (nSPS) is 12.1. The quantitative estimate of drug-likeness (QED) is 0.748. The Balaban J connectivity index is 3.10. The van der Waals surface area contributed by atoms with Crippen molar-refractivity contribution in [3.8, 4) is 0 Å². The number of hydrogen-bond acceptors (Lipinski definition) is 2. The molecule has 0 bridgehead atoms. The average Bonchev–Trinajstić information content (AvgIpc) is 2.29. The maximum atomic E-state index is 13.0. The summed E-state index contributed by atoms with van der Waals surface area (Å²) in [6.07, 6.45) is 0.743. The van der Waals surface area contributed by atoms with Gasteiger partial charge in [-0.25, -0.2) is 12.8 Å². The van der Waals surface area contributed by atoms with Gasteiger partial charge in [0, 0.05) is 18.4 Å². The molecule has 0 spiro atoms. The van der Waals surface area contributed by atoms with E-state index in [2.05, 4.69) is 15.9 Å². The van der Waals surface area contributed by atoms with E-state index in [1.54, 1.807) is 13.8 Å². The van der Waals surface area contributed by atoms with Crippen molar-refractivity contribution in [2.24, 2.45) is 0 Å². The van der Waals surface area contributed by atoms with Gasteiger partial charge in [0.1, 0.15) is 5.82 Å². The molecule has 0 aliphatic carbocycles. The lowest BCUT2D eigenvalue weighted by Crippen LogP contribution is -2.32. The molecular weight excluding hydrogens is 321 g/mol. The predicted molar refractivity (Wildman–Crippen MR) is 74.0 cm³/mol. The van der Waals surface area contributed by atoms with Crippen LogP contribution < -0.4 is 0 Å². The van der Waals surface area contributed by atoms with Crippen LogP contribution in [0.4, 0.5) is 4.39 Å². The molecule has 1 aromatic rings. The Hall–Kier alpha value is -0.460. The van der Waals surface area contributed by atoms with Crippen LogP contribution in [0.15, 0.2) is 23.1 Å². The first-order chi connectivity index (χ1) is 8.43. The molecule has 0 amide bonds. The lowest BCUT2D eigenvalue weighted by atomic mass is 10.2. The number of hydrogen-bond donors (Lipinski definition) is 0. The van der Waals surface area contributed by atoms with E-state index < -0.39 is 15.8 Å². The van der Waals surface area contributed by atoms with E-state index in [0.29, 0.717) is 18.7 Å². The Morgan fingerprint density at radius 3 is 2.56 bits per heavy atom. The van der Waals surface area contributed by atoms with Gasteiger partial charge >= 0.3 is 0 Å². The Kier molecular flexibility index (Phi) is 5.75. The van der Waals surface area contributed by atoms with Gasteiger partial charge in [-0.15, -0.1) is 0 Å². The van der Waals surface area contributed by atoms with Crippen LogP contribution in [0.5, 0.6) is 0 Å². The molecule has 1 rings (SSSR count). The summed E-state index contributed by atoms with van der Waals surface area (Å²) in [5.74, 6) is -0.421. The highest BCUT2D eigenvalue weighted by molar-refractivity contribution is 9.09. The topological polar surface area (TPSA) is 37.4 Å². The van der Waals surface area contributed by atoms with Crippen LogP contribution in [0.1, 0.15) is 18.9 Å². The SMILES string of the molecule is CCN(CCCBr)S(=O)(=O)c1ccc(F)cc1C. The molecule has 0 saturated heterocycles. The molecule has 0 aromatic heterocycles. The number of halogens is 2. The van der Waals surface area contributed by atoms with E-state index >= 15 is 0 Å². The monoisotopic (exact) mass is 337 g/mol. The third-order valence-electron chi connectivity index (χ3n) is 2.65. The number of benzene rings is 1. The molecule has 1 aromatic carbocycles. The van der Waals surface area contributed by atoms with Gasteiger partial charge in [0.05, 0.1) is 4.90 Å². The van der Waals surface area contributed by atoms with Crippen LogP contribution in [0, 0.1) is 12.7 Å². The number of sulfonamides is 1. The fraction of sp³-hybridized carbons (Fsp3) is 0.500. The Morgan fingerprint density at radius 2 is 2.06 bits per heavy atom. The van der Waals surface area contributed by atoms with Crippen LogP contribution in [0.25, 0.3) is 0 Å². The smallest absolute Gasteiger partial charge is 0.207 e. The molecule has 18 heavy (non-hydrogen) atoms. The van der Waals surface area contributed by atoms with E-state index in [1.165, 1.54) is 22.5 Å². The van der Waals surface area contributed by atoms with Crippen molar-refractivity contribution in [1.82, 2.24) is 4.31 Å². The lowest BCUT2D eigenvalue weighted by molar-refractivity contribution is 0.428. The van der Waals surface area contributed by atoms with Gasteiger partial charge in [-0.3, -0.25) is 0 Å². The molecule has 0 fully saturated rings. The van der Waals surface area contributed by atoms with Crippen molar-refractivity contribution in [3.05, 3.63) is 29.6 Å².